The van der Waals surface area contributed by atoms with E-state index in [0.29, 0.717) is 27.8 Å². The average Bonchev–Trinajstić information content (AvgIpc) is 2.48. The monoisotopic (exact) mass is 312 g/mol. The fourth-order valence-corrected chi connectivity index (χ4v) is 2.43. The summed E-state index contributed by atoms with van der Waals surface area (Å²) in [5.74, 6) is -0.469. The highest BCUT2D eigenvalue weighted by Crippen LogP contribution is 2.32. The van der Waals surface area contributed by atoms with E-state index in [4.69, 9.17) is 9.15 Å². The van der Waals surface area contributed by atoms with Crippen LogP contribution in [0.1, 0.15) is 12.5 Å². The molecule has 1 aromatic heterocycles. The highest BCUT2D eigenvalue weighted by Gasteiger charge is 2.12. The number of benzene rings is 2. The second-order valence-corrected chi connectivity index (χ2v) is 5.19. The van der Waals surface area contributed by atoms with Crippen molar-refractivity contribution in [2.45, 2.75) is 13.8 Å². The van der Waals surface area contributed by atoms with Gasteiger partial charge in [0, 0.05) is 24.4 Å². The van der Waals surface area contributed by atoms with Crippen molar-refractivity contribution in [2.75, 3.05) is 0 Å². The van der Waals surface area contributed by atoms with Gasteiger partial charge in [-0.25, -0.2) is 9.18 Å². The van der Waals surface area contributed by atoms with Crippen LogP contribution in [0, 0.1) is 12.7 Å². The predicted octanol–water partition coefficient (Wildman–Crippen LogP) is 3.83. The molecule has 0 saturated carbocycles. The normalized spacial score (nSPS) is 10.7. The number of aryl methyl sites for hydroxylation is 1. The van der Waals surface area contributed by atoms with Crippen LogP contribution in [0.4, 0.5) is 4.39 Å². The third-order valence-electron chi connectivity index (χ3n) is 3.45. The van der Waals surface area contributed by atoms with Gasteiger partial charge in [0.15, 0.2) is 0 Å². The van der Waals surface area contributed by atoms with Crippen LogP contribution < -0.4 is 10.4 Å². The number of halogens is 1. The smallest absolute Gasteiger partial charge is 0.336 e. The van der Waals surface area contributed by atoms with Gasteiger partial charge in [0.1, 0.15) is 17.1 Å². The number of ether oxygens (including phenoxy) is 1. The lowest BCUT2D eigenvalue weighted by Gasteiger charge is -2.10. The molecule has 0 aliphatic carbocycles. The van der Waals surface area contributed by atoms with Crippen LogP contribution >= 0.6 is 0 Å². The first-order valence-electron chi connectivity index (χ1n) is 6.97. The molecule has 0 aliphatic heterocycles. The Kier molecular flexibility index (Phi) is 3.70. The number of fused-ring (bicyclic) bond motifs is 1. The molecule has 0 unspecified atom stereocenters. The van der Waals surface area contributed by atoms with E-state index in [1.54, 1.807) is 25.1 Å². The van der Waals surface area contributed by atoms with Crippen molar-refractivity contribution in [3.8, 4) is 16.9 Å². The third-order valence-corrected chi connectivity index (χ3v) is 3.45. The minimum atomic E-state index is -0.533. The molecule has 5 heteroatoms. The number of rotatable bonds is 2. The zero-order chi connectivity index (χ0) is 16.6. The molecule has 0 atom stereocenters. The van der Waals surface area contributed by atoms with Crippen molar-refractivity contribution in [3.05, 3.63) is 64.3 Å². The molecule has 0 spiro atoms. The Labute approximate surface area is 131 Å². The fraction of sp³-hybridized carbons (Fsp3) is 0.111. The average molecular weight is 312 g/mol. The van der Waals surface area contributed by atoms with Gasteiger partial charge in [0.2, 0.25) is 0 Å². The van der Waals surface area contributed by atoms with Crippen LogP contribution in [0.2, 0.25) is 0 Å². The lowest BCUT2D eigenvalue weighted by atomic mass is 10.0. The summed E-state index contributed by atoms with van der Waals surface area (Å²) in [6.07, 6.45) is 0. The maximum atomic E-state index is 13.1. The third kappa shape index (κ3) is 2.99. The number of hydrogen-bond acceptors (Lipinski definition) is 4. The van der Waals surface area contributed by atoms with Gasteiger partial charge < -0.3 is 9.15 Å². The first-order valence-corrected chi connectivity index (χ1v) is 6.97. The minimum Gasteiger partial charge on any atom is -0.426 e. The molecule has 0 radical (unpaired) electrons. The van der Waals surface area contributed by atoms with Gasteiger partial charge in [-0.15, -0.1) is 0 Å². The summed E-state index contributed by atoms with van der Waals surface area (Å²) in [6.45, 7) is 3.09. The van der Waals surface area contributed by atoms with Gasteiger partial charge in [-0.1, -0.05) is 12.1 Å². The lowest BCUT2D eigenvalue weighted by molar-refractivity contribution is -0.131. The van der Waals surface area contributed by atoms with Gasteiger partial charge in [0.25, 0.3) is 0 Å². The van der Waals surface area contributed by atoms with Gasteiger partial charge in [0.05, 0.1) is 0 Å². The summed E-state index contributed by atoms with van der Waals surface area (Å²) in [5.41, 5.74) is 1.83. The lowest BCUT2D eigenvalue weighted by Crippen LogP contribution is -2.04. The number of carbonyl (C=O) groups excluding carboxylic acids is 1. The highest BCUT2D eigenvalue weighted by atomic mass is 19.1. The Morgan fingerprint density at radius 2 is 1.83 bits per heavy atom. The second-order valence-electron chi connectivity index (χ2n) is 5.19. The van der Waals surface area contributed by atoms with Gasteiger partial charge in [-0.3, -0.25) is 4.79 Å². The molecule has 116 valence electrons. The quantitative estimate of drug-likeness (QED) is 0.410. The largest absolute Gasteiger partial charge is 0.426 e. The molecule has 0 bridgehead atoms. The minimum absolute atomic E-state index is 0.304. The molecule has 0 saturated heterocycles. The van der Waals surface area contributed by atoms with Gasteiger partial charge in [-0.05, 0) is 41.8 Å². The van der Waals surface area contributed by atoms with E-state index in [-0.39, 0.29) is 5.82 Å². The Bertz CT molecular complexity index is 955. The van der Waals surface area contributed by atoms with Crippen molar-refractivity contribution in [1.29, 1.82) is 0 Å². The number of carbonyl (C=O) groups is 1. The van der Waals surface area contributed by atoms with Crippen molar-refractivity contribution in [3.63, 3.8) is 0 Å². The second kappa shape index (κ2) is 5.68. The molecule has 2 aromatic carbocycles. The predicted molar refractivity (Wildman–Crippen MR) is 83.9 cm³/mol. The molecule has 23 heavy (non-hydrogen) atoms. The summed E-state index contributed by atoms with van der Waals surface area (Å²) in [5, 5.41) is 0.685. The van der Waals surface area contributed by atoms with Gasteiger partial charge >= 0.3 is 11.6 Å². The van der Waals surface area contributed by atoms with E-state index in [9.17, 15) is 14.0 Å². The Hall–Kier alpha value is -2.95. The molecule has 1 heterocycles. The fourth-order valence-electron chi connectivity index (χ4n) is 2.43. The Morgan fingerprint density at radius 1 is 1.13 bits per heavy atom. The van der Waals surface area contributed by atoms with E-state index in [0.717, 1.165) is 5.56 Å². The summed E-state index contributed by atoms with van der Waals surface area (Å²) in [4.78, 5) is 23.0. The summed E-state index contributed by atoms with van der Waals surface area (Å²) >= 11 is 0. The van der Waals surface area contributed by atoms with Crippen molar-refractivity contribution < 1.29 is 18.3 Å². The van der Waals surface area contributed by atoms with E-state index in [1.165, 1.54) is 31.2 Å². The van der Waals surface area contributed by atoms with Gasteiger partial charge in [-0.2, -0.15) is 0 Å². The Balaban J connectivity index is 2.26. The van der Waals surface area contributed by atoms with Crippen LogP contribution in [-0.4, -0.2) is 5.97 Å². The molecular formula is C18H13FO4. The molecule has 0 N–H and O–H groups in total. The molecule has 0 fully saturated rings. The number of esters is 1. The maximum absolute atomic E-state index is 13.1. The molecular weight excluding hydrogens is 299 g/mol. The number of hydrogen-bond donors (Lipinski definition) is 0. The van der Waals surface area contributed by atoms with Crippen LogP contribution in [0.25, 0.3) is 22.1 Å². The van der Waals surface area contributed by atoms with E-state index >= 15 is 0 Å². The summed E-state index contributed by atoms with van der Waals surface area (Å²) < 4.78 is 23.4. The van der Waals surface area contributed by atoms with E-state index in [1.807, 2.05) is 0 Å². The molecule has 4 nitrogen and oxygen atoms in total. The van der Waals surface area contributed by atoms with Crippen LogP contribution in [0.5, 0.6) is 5.75 Å². The first-order chi connectivity index (χ1) is 10.9. The molecule has 0 aliphatic rings. The topological polar surface area (TPSA) is 56.5 Å². The van der Waals surface area contributed by atoms with Crippen molar-refractivity contribution >= 4 is 16.9 Å². The van der Waals surface area contributed by atoms with Crippen LogP contribution in [0.3, 0.4) is 0 Å². The van der Waals surface area contributed by atoms with Crippen molar-refractivity contribution in [2.24, 2.45) is 0 Å². The molecule has 0 amide bonds. The van der Waals surface area contributed by atoms with Crippen LogP contribution in [0.15, 0.2) is 51.7 Å². The standard InChI is InChI=1S/C18H13FO4/c1-10-7-15-14(12-3-5-13(19)6-4-12)8-18(21)23-17(15)9-16(10)22-11(2)20/h3-9H,1-2H3. The Morgan fingerprint density at radius 3 is 2.48 bits per heavy atom. The van der Waals surface area contributed by atoms with Crippen molar-refractivity contribution in [1.82, 2.24) is 0 Å². The van der Waals surface area contributed by atoms with E-state index < -0.39 is 11.6 Å². The first kappa shape index (κ1) is 15.0. The highest BCUT2D eigenvalue weighted by molar-refractivity contribution is 5.94. The SMILES string of the molecule is CC(=O)Oc1cc2oc(=O)cc(-c3ccc(F)cc3)c2cc1C. The molecule has 3 aromatic rings. The zero-order valence-corrected chi connectivity index (χ0v) is 12.6. The molecule has 3 rings (SSSR count). The van der Waals surface area contributed by atoms with E-state index in [2.05, 4.69) is 0 Å². The summed E-state index contributed by atoms with van der Waals surface area (Å²) in [6, 6.07) is 10.5. The van der Waals surface area contributed by atoms with Crippen LogP contribution in [-0.2, 0) is 4.79 Å². The summed E-state index contributed by atoms with van der Waals surface area (Å²) in [7, 11) is 0. The maximum Gasteiger partial charge on any atom is 0.336 e. The zero-order valence-electron chi connectivity index (χ0n) is 12.6.